The Kier molecular flexibility index (Phi) is 8.67. The zero-order valence-electron chi connectivity index (χ0n) is 25.5. The number of fused-ring (bicyclic) bond motifs is 1. The zero-order chi connectivity index (χ0) is 34.2. The number of methoxy groups -OCH3 is 1. The molecule has 0 radical (unpaired) electrons. The van der Waals surface area contributed by atoms with Crippen LogP contribution in [0.15, 0.2) is 83.9 Å². The molecule has 1 aliphatic rings. The van der Waals surface area contributed by atoms with Crippen molar-refractivity contribution in [2.45, 2.75) is 17.7 Å². The monoisotopic (exact) mass is 673 g/mol. The number of piperidine rings is 1. The van der Waals surface area contributed by atoms with E-state index < -0.39 is 38.4 Å². The highest BCUT2D eigenvalue weighted by Crippen LogP contribution is 2.34. The van der Waals surface area contributed by atoms with Gasteiger partial charge in [0.2, 0.25) is 5.88 Å². The fourth-order valence-electron chi connectivity index (χ4n) is 5.65. The molecule has 0 aliphatic carbocycles. The maximum atomic E-state index is 14.3. The van der Waals surface area contributed by atoms with Crippen LogP contribution in [0.1, 0.15) is 23.2 Å². The minimum absolute atomic E-state index is 0.0594. The maximum absolute atomic E-state index is 14.3. The molecule has 1 amide bonds. The Bertz CT molecular complexity index is 2170. The summed E-state index contributed by atoms with van der Waals surface area (Å²) in [6.45, 7) is 0.761. The number of benzene rings is 3. The van der Waals surface area contributed by atoms with Crippen LogP contribution in [0.4, 0.5) is 20.3 Å². The second-order valence-electron chi connectivity index (χ2n) is 11.3. The number of pyridine rings is 2. The number of carbonyl (C=O) groups is 2. The van der Waals surface area contributed by atoms with E-state index in [9.17, 15) is 31.9 Å². The highest BCUT2D eigenvalue weighted by atomic mass is 32.2. The fraction of sp³-hybridized carbons (Fsp3) is 0.176. The van der Waals surface area contributed by atoms with Crippen LogP contribution in [0.3, 0.4) is 0 Å². The van der Waals surface area contributed by atoms with Crippen molar-refractivity contribution in [3.63, 3.8) is 0 Å². The Morgan fingerprint density at radius 3 is 2.33 bits per heavy atom. The third kappa shape index (κ3) is 6.47. The number of ether oxygens (including phenoxy) is 1. The summed E-state index contributed by atoms with van der Waals surface area (Å²) in [6, 6.07) is 17.8. The average molecular weight is 674 g/mol. The lowest BCUT2D eigenvalue weighted by atomic mass is 9.96. The Labute approximate surface area is 274 Å². The van der Waals surface area contributed by atoms with E-state index in [1.54, 1.807) is 41.3 Å². The predicted octanol–water partition coefficient (Wildman–Crippen LogP) is 5.57. The van der Waals surface area contributed by atoms with Gasteiger partial charge < -0.3 is 20.5 Å². The van der Waals surface area contributed by atoms with E-state index in [-0.39, 0.29) is 23.3 Å². The van der Waals surface area contributed by atoms with Gasteiger partial charge in [0.25, 0.3) is 15.9 Å². The number of aliphatic carboxylic acids is 1. The van der Waals surface area contributed by atoms with Gasteiger partial charge >= 0.3 is 5.97 Å². The molecule has 3 heterocycles. The Morgan fingerprint density at radius 2 is 1.67 bits per heavy atom. The van der Waals surface area contributed by atoms with Gasteiger partial charge in [-0.3, -0.25) is 14.3 Å². The Hall–Kier alpha value is -5.63. The van der Waals surface area contributed by atoms with Gasteiger partial charge in [-0.25, -0.2) is 27.2 Å². The fourth-order valence-corrected chi connectivity index (χ4v) is 6.75. The van der Waals surface area contributed by atoms with Crippen molar-refractivity contribution in [2.24, 2.45) is 5.92 Å². The molecule has 3 aromatic carbocycles. The van der Waals surface area contributed by atoms with Crippen LogP contribution in [0.5, 0.6) is 5.88 Å². The predicted molar refractivity (Wildman–Crippen MR) is 175 cm³/mol. The quantitative estimate of drug-likeness (QED) is 0.191. The number of carbonyl (C=O) groups excluding carboxylic acids is 1. The molecule has 1 aliphatic heterocycles. The smallest absolute Gasteiger partial charge is 0.306 e. The van der Waals surface area contributed by atoms with Crippen molar-refractivity contribution in [2.75, 3.05) is 30.7 Å². The first-order valence-corrected chi connectivity index (χ1v) is 16.3. The summed E-state index contributed by atoms with van der Waals surface area (Å²) in [5, 5.41) is 9.94. The number of hydrogen-bond acceptors (Lipinski definition) is 8. The van der Waals surface area contributed by atoms with Gasteiger partial charge in [-0.2, -0.15) is 0 Å². The number of nitrogen functional groups attached to an aromatic ring is 1. The number of aromatic nitrogens is 2. The number of rotatable bonds is 8. The van der Waals surface area contributed by atoms with Crippen LogP contribution in [0.25, 0.3) is 33.2 Å². The van der Waals surface area contributed by atoms with Crippen LogP contribution in [-0.2, 0) is 14.8 Å². The summed E-state index contributed by atoms with van der Waals surface area (Å²) in [4.78, 5) is 34.0. The minimum atomic E-state index is -4.47. The number of sulfonamides is 1. The maximum Gasteiger partial charge on any atom is 0.306 e. The van der Waals surface area contributed by atoms with E-state index in [1.807, 2.05) is 12.1 Å². The molecule has 4 N–H and O–H groups in total. The second-order valence-corrected chi connectivity index (χ2v) is 12.9. The number of likely N-dealkylation sites (tertiary alicyclic amines) is 1. The van der Waals surface area contributed by atoms with E-state index in [0.29, 0.717) is 65.2 Å². The van der Waals surface area contributed by atoms with Crippen molar-refractivity contribution in [3.8, 4) is 28.1 Å². The standard InChI is InChI=1S/C34H29F2N5O6S/c1-47-32-29(40-48(45,46)30-9-7-25(35)17-27(30)36)16-24(18-38-32)22-6-8-28-23(14-22)15-26(31(37)39-28)19-2-4-20(5-3-19)33(42)41-12-10-21(11-13-41)34(43)44/h2-9,14-18,21,40H,10-13H2,1H3,(H2,37,39)(H,43,44). The summed E-state index contributed by atoms with van der Waals surface area (Å²) in [7, 11) is -3.17. The molecular formula is C34H29F2N5O6S. The second kappa shape index (κ2) is 12.9. The number of hydrogen-bond donors (Lipinski definition) is 3. The average Bonchev–Trinajstić information content (AvgIpc) is 3.07. The Balaban J connectivity index is 1.27. The van der Waals surface area contributed by atoms with Crippen LogP contribution in [0, 0.1) is 17.6 Å². The van der Waals surface area contributed by atoms with Crippen LogP contribution >= 0.6 is 0 Å². The van der Waals surface area contributed by atoms with Gasteiger partial charge in [-0.1, -0.05) is 18.2 Å². The van der Waals surface area contributed by atoms with Crippen LogP contribution in [-0.4, -0.2) is 60.5 Å². The number of anilines is 2. The highest BCUT2D eigenvalue weighted by Gasteiger charge is 2.27. The number of halogens is 2. The summed E-state index contributed by atoms with van der Waals surface area (Å²) >= 11 is 0. The van der Waals surface area contributed by atoms with Crippen molar-refractivity contribution in [3.05, 3.63) is 96.2 Å². The molecule has 48 heavy (non-hydrogen) atoms. The van der Waals surface area contributed by atoms with Crippen molar-refractivity contribution in [1.82, 2.24) is 14.9 Å². The molecule has 5 aromatic rings. The minimum Gasteiger partial charge on any atom is -0.481 e. The molecule has 246 valence electrons. The first-order valence-electron chi connectivity index (χ1n) is 14.8. The van der Waals surface area contributed by atoms with Gasteiger partial charge in [0.15, 0.2) is 0 Å². The largest absolute Gasteiger partial charge is 0.481 e. The summed E-state index contributed by atoms with van der Waals surface area (Å²) in [6.07, 6.45) is 2.32. The molecule has 1 fully saturated rings. The van der Waals surface area contributed by atoms with Crippen molar-refractivity contribution >= 4 is 44.3 Å². The molecule has 0 saturated carbocycles. The van der Waals surface area contributed by atoms with E-state index >= 15 is 0 Å². The molecule has 0 unspecified atom stereocenters. The number of nitrogens with one attached hydrogen (secondary N) is 1. The Morgan fingerprint density at radius 1 is 0.958 bits per heavy atom. The van der Waals surface area contributed by atoms with E-state index in [0.717, 1.165) is 17.7 Å². The molecule has 14 heteroatoms. The van der Waals surface area contributed by atoms with Gasteiger partial charge in [0, 0.05) is 47.4 Å². The molecule has 1 saturated heterocycles. The lowest BCUT2D eigenvalue weighted by Gasteiger charge is -2.30. The van der Waals surface area contributed by atoms with E-state index in [1.165, 1.54) is 19.4 Å². The molecule has 11 nitrogen and oxygen atoms in total. The number of carboxylic acids is 1. The number of nitrogens with zero attached hydrogens (tertiary/aromatic N) is 3. The van der Waals surface area contributed by atoms with E-state index in [4.69, 9.17) is 10.5 Å². The van der Waals surface area contributed by atoms with Crippen LogP contribution < -0.4 is 15.2 Å². The molecule has 6 rings (SSSR count). The van der Waals surface area contributed by atoms with Gasteiger partial charge in [-0.05, 0) is 72.5 Å². The zero-order valence-corrected chi connectivity index (χ0v) is 26.3. The number of carboxylic acid groups (broad SMARTS) is 1. The number of nitrogens with two attached hydrogens (primary N) is 1. The molecule has 0 spiro atoms. The van der Waals surface area contributed by atoms with Crippen molar-refractivity contribution in [1.29, 1.82) is 0 Å². The normalized spacial score (nSPS) is 13.8. The first kappa shape index (κ1) is 32.3. The van der Waals surface area contributed by atoms with Gasteiger partial charge in [-0.15, -0.1) is 0 Å². The SMILES string of the molecule is COc1ncc(-c2ccc3nc(N)c(-c4ccc(C(=O)N5CCC(C(=O)O)CC5)cc4)cc3c2)cc1NS(=O)(=O)c1ccc(F)cc1F. The third-order valence-electron chi connectivity index (χ3n) is 8.22. The lowest BCUT2D eigenvalue weighted by Crippen LogP contribution is -2.40. The van der Waals surface area contributed by atoms with Crippen molar-refractivity contribution < 1.29 is 36.6 Å². The summed E-state index contributed by atoms with van der Waals surface area (Å²) in [5.74, 6) is -3.39. The van der Waals surface area contributed by atoms with Crippen LogP contribution in [0.2, 0.25) is 0 Å². The van der Waals surface area contributed by atoms with Gasteiger partial charge in [0.05, 0.1) is 18.5 Å². The van der Waals surface area contributed by atoms with E-state index in [2.05, 4.69) is 14.7 Å². The topological polar surface area (TPSA) is 165 Å². The molecule has 0 atom stereocenters. The summed E-state index contributed by atoms with van der Waals surface area (Å²) < 4.78 is 61.2. The molecular weight excluding hydrogens is 644 g/mol. The lowest BCUT2D eigenvalue weighted by molar-refractivity contribution is -0.143. The third-order valence-corrected chi connectivity index (χ3v) is 9.62. The summed E-state index contributed by atoms with van der Waals surface area (Å²) in [5.41, 5.74) is 9.85. The highest BCUT2D eigenvalue weighted by molar-refractivity contribution is 7.92. The number of amides is 1. The molecule has 0 bridgehead atoms. The molecule has 2 aromatic heterocycles. The van der Waals surface area contributed by atoms with Gasteiger partial charge in [0.1, 0.15) is 28.0 Å². The first-order chi connectivity index (χ1) is 22.9.